The zero-order valence-corrected chi connectivity index (χ0v) is 21.0. The van der Waals surface area contributed by atoms with E-state index in [9.17, 15) is 14.7 Å². The second-order valence-electron chi connectivity index (χ2n) is 9.47. The van der Waals surface area contributed by atoms with Crippen molar-refractivity contribution in [3.63, 3.8) is 0 Å². The lowest BCUT2D eigenvalue weighted by atomic mass is 10.1. The van der Waals surface area contributed by atoms with E-state index in [1.807, 2.05) is 70.2 Å². The van der Waals surface area contributed by atoms with E-state index >= 15 is 0 Å². The van der Waals surface area contributed by atoms with Crippen LogP contribution in [0.5, 0.6) is 0 Å². The molecule has 2 heterocycles. The van der Waals surface area contributed by atoms with Gasteiger partial charge in [-0.2, -0.15) is 10.1 Å². The van der Waals surface area contributed by atoms with Crippen LogP contribution in [0.1, 0.15) is 52.7 Å². The number of amides is 2. The van der Waals surface area contributed by atoms with Gasteiger partial charge < -0.3 is 10.4 Å². The molecule has 35 heavy (non-hydrogen) atoms. The number of aryl methyl sites for hydroxylation is 1. The van der Waals surface area contributed by atoms with Crippen molar-refractivity contribution in [2.45, 2.75) is 45.7 Å². The van der Waals surface area contributed by atoms with E-state index < -0.39 is 17.5 Å². The summed E-state index contributed by atoms with van der Waals surface area (Å²) < 4.78 is 2.27. The molecule has 0 bridgehead atoms. The average molecular weight is 492 g/mol. The Labute approximate surface area is 208 Å². The maximum Gasteiger partial charge on any atom is 0.273 e. The number of aliphatic hydroxyl groups is 1. The van der Waals surface area contributed by atoms with Gasteiger partial charge in [0.2, 0.25) is 0 Å². The van der Waals surface area contributed by atoms with E-state index in [1.54, 1.807) is 16.8 Å². The maximum atomic E-state index is 13.2. The molecule has 2 amide bonds. The summed E-state index contributed by atoms with van der Waals surface area (Å²) in [6.07, 6.45) is 0.493. The van der Waals surface area contributed by atoms with Crippen LogP contribution in [0.2, 0.25) is 0 Å². The van der Waals surface area contributed by atoms with Crippen LogP contribution in [0.25, 0.3) is 10.3 Å². The molecule has 0 spiro atoms. The number of carbonyl (C=O) groups excluding carboxylic acids is 2. The number of fused-ring (bicyclic) bond motifs is 1. The Balaban J connectivity index is 1.61. The van der Waals surface area contributed by atoms with Gasteiger partial charge in [0, 0.05) is 5.56 Å². The molecular formula is C26H29N5O3S. The number of aliphatic hydroxyl groups excluding tert-OH is 1. The molecule has 0 fully saturated rings. The number of aromatic nitrogens is 3. The summed E-state index contributed by atoms with van der Waals surface area (Å²) in [5.41, 5.74) is 2.90. The molecule has 8 nitrogen and oxygen atoms in total. The minimum Gasteiger partial charge on any atom is -0.394 e. The van der Waals surface area contributed by atoms with E-state index in [4.69, 9.17) is 0 Å². The molecule has 3 N–H and O–H groups in total. The molecule has 4 rings (SSSR count). The minimum absolute atomic E-state index is 0.204. The lowest BCUT2D eigenvalue weighted by Gasteiger charge is -2.19. The zero-order chi connectivity index (χ0) is 25.2. The Morgan fingerprint density at radius 1 is 1.06 bits per heavy atom. The van der Waals surface area contributed by atoms with Crippen LogP contribution in [0, 0.1) is 6.92 Å². The lowest BCUT2D eigenvalue weighted by Crippen LogP contribution is -2.39. The van der Waals surface area contributed by atoms with Gasteiger partial charge in [-0.3, -0.25) is 14.9 Å². The van der Waals surface area contributed by atoms with Gasteiger partial charge in [0.1, 0.15) is 4.70 Å². The third-order valence-electron chi connectivity index (χ3n) is 5.49. The summed E-state index contributed by atoms with van der Waals surface area (Å²) in [5, 5.41) is 20.5. The van der Waals surface area contributed by atoms with E-state index in [0.717, 1.165) is 11.1 Å². The summed E-state index contributed by atoms with van der Waals surface area (Å²) in [4.78, 5) is 30.5. The number of nitrogens with one attached hydrogen (secondary N) is 2. The van der Waals surface area contributed by atoms with Crippen molar-refractivity contribution in [1.29, 1.82) is 0 Å². The summed E-state index contributed by atoms with van der Waals surface area (Å²) in [7, 11) is 0. The molecule has 2 aromatic heterocycles. The number of thiazole rings is 1. The Hall–Kier alpha value is -3.56. The normalized spacial score (nSPS) is 12.5. The topological polar surface area (TPSA) is 109 Å². The van der Waals surface area contributed by atoms with Crippen LogP contribution in [-0.2, 0) is 12.0 Å². The molecule has 0 unspecified atom stereocenters. The van der Waals surface area contributed by atoms with Gasteiger partial charge >= 0.3 is 0 Å². The number of hydrogen-bond acceptors (Lipinski definition) is 6. The van der Waals surface area contributed by atoms with E-state index in [-0.39, 0.29) is 18.2 Å². The predicted molar refractivity (Wildman–Crippen MR) is 138 cm³/mol. The van der Waals surface area contributed by atoms with Crippen molar-refractivity contribution in [2.75, 3.05) is 11.9 Å². The zero-order valence-electron chi connectivity index (χ0n) is 20.2. The van der Waals surface area contributed by atoms with Gasteiger partial charge in [0.15, 0.2) is 16.5 Å². The highest BCUT2D eigenvalue weighted by atomic mass is 32.1. The Kier molecular flexibility index (Phi) is 7.00. The number of carbonyl (C=O) groups is 2. The number of hydrogen-bond donors (Lipinski definition) is 3. The highest BCUT2D eigenvalue weighted by Crippen LogP contribution is 2.32. The molecule has 0 aliphatic rings. The molecule has 0 radical (unpaired) electrons. The Bertz CT molecular complexity index is 1340. The third-order valence-corrected chi connectivity index (χ3v) is 6.46. The van der Waals surface area contributed by atoms with Crippen LogP contribution in [-0.4, -0.2) is 44.3 Å². The van der Waals surface area contributed by atoms with Crippen molar-refractivity contribution in [1.82, 2.24) is 20.1 Å². The summed E-state index contributed by atoms with van der Waals surface area (Å²) in [5.74, 6) is -0.668. The number of rotatable bonds is 7. The smallest absolute Gasteiger partial charge is 0.273 e. The van der Waals surface area contributed by atoms with E-state index in [2.05, 4.69) is 20.7 Å². The quantitative estimate of drug-likeness (QED) is 0.360. The summed E-state index contributed by atoms with van der Waals surface area (Å²) >= 11 is 1.20. The molecule has 0 saturated carbocycles. The second kappa shape index (κ2) is 9.97. The van der Waals surface area contributed by atoms with Crippen LogP contribution in [0.4, 0.5) is 5.13 Å². The monoisotopic (exact) mass is 491 g/mol. The fraction of sp³-hybridized carbons (Fsp3) is 0.308. The van der Waals surface area contributed by atoms with Gasteiger partial charge in [0.05, 0.1) is 18.2 Å². The van der Waals surface area contributed by atoms with Crippen molar-refractivity contribution >= 4 is 38.6 Å². The predicted octanol–water partition coefficient (Wildman–Crippen LogP) is 4.14. The second-order valence-corrected chi connectivity index (χ2v) is 10.5. The van der Waals surface area contributed by atoms with Crippen LogP contribution < -0.4 is 10.6 Å². The largest absolute Gasteiger partial charge is 0.394 e. The maximum absolute atomic E-state index is 13.2. The first-order chi connectivity index (χ1) is 16.7. The minimum atomic E-state index is -0.464. The number of benzene rings is 2. The van der Waals surface area contributed by atoms with Gasteiger partial charge in [-0.15, -0.1) is 0 Å². The molecular weight excluding hydrogens is 462 g/mol. The summed E-state index contributed by atoms with van der Waals surface area (Å²) in [6, 6.07) is 16.5. The van der Waals surface area contributed by atoms with Crippen LogP contribution in [0.3, 0.4) is 0 Å². The van der Waals surface area contributed by atoms with E-state index in [0.29, 0.717) is 27.5 Å². The molecule has 2 aromatic carbocycles. The lowest BCUT2D eigenvalue weighted by molar-refractivity contribution is 0.0911. The first kappa shape index (κ1) is 24.6. The van der Waals surface area contributed by atoms with Crippen molar-refractivity contribution < 1.29 is 14.7 Å². The van der Waals surface area contributed by atoms with Gasteiger partial charge in [-0.05, 0) is 51.8 Å². The fourth-order valence-corrected chi connectivity index (χ4v) is 4.58. The van der Waals surface area contributed by atoms with E-state index in [1.165, 1.54) is 11.3 Å². The van der Waals surface area contributed by atoms with Crippen molar-refractivity contribution in [3.05, 3.63) is 77.0 Å². The Morgan fingerprint density at radius 3 is 2.37 bits per heavy atom. The first-order valence-corrected chi connectivity index (χ1v) is 12.2. The van der Waals surface area contributed by atoms with Crippen LogP contribution >= 0.6 is 11.3 Å². The number of nitrogens with zero attached hydrogens (tertiary/aromatic N) is 3. The molecule has 0 aliphatic heterocycles. The SMILES string of the molecule is Cc1ccc(C(=O)Nc2nc3c(s2)c(C(=O)N[C@H](CO)Cc2ccccc2)nn3C(C)(C)C)cc1. The van der Waals surface area contributed by atoms with Crippen molar-refractivity contribution in [2.24, 2.45) is 0 Å². The standard InChI is InChI=1S/C26H29N5O3S/c1-16-10-12-18(13-11-16)23(33)29-25-28-22-21(35-25)20(30-31(22)26(2,3)4)24(34)27-19(15-32)14-17-8-6-5-7-9-17/h5-13,19,32H,14-15H2,1-4H3,(H,27,34)(H,28,29,33)/t19-/m0/s1. The number of anilines is 1. The molecule has 4 aromatic rings. The fourth-order valence-electron chi connectivity index (χ4n) is 3.66. The molecule has 1 atom stereocenters. The highest BCUT2D eigenvalue weighted by molar-refractivity contribution is 7.22. The Morgan fingerprint density at radius 2 is 1.74 bits per heavy atom. The molecule has 182 valence electrons. The highest BCUT2D eigenvalue weighted by Gasteiger charge is 2.28. The van der Waals surface area contributed by atoms with Gasteiger partial charge in [-0.1, -0.05) is 59.4 Å². The van der Waals surface area contributed by atoms with Gasteiger partial charge in [0.25, 0.3) is 11.8 Å². The first-order valence-electron chi connectivity index (χ1n) is 11.4. The summed E-state index contributed by atoms with van der Waals surface area (Å²) in [6.45, 7) is 7.66. The van der Waals surface area contributed by atoms with Crippen LogP contribution in [0.15, 0.2) is 54.6 Å². The molecule has 0 aliphatic carbocycles. The average Bonchev–Trinajstić information content (AvgIpc) is 3.38. The molecule has 0 saturated heterocycles. The third kappa shape index (κ3) is 5.58. The van der Waals surface area contributed by atoms with Crippen molar-refractivity contribution in [3.8, 4) is 0 Å². The molecule has 9 heteroatoms. The van der Waals surface area contributed by atoms with Gasteiger partial charge in [-0.25, -0.2) is 4.68 Å².